The molecule has 1 saturated heterocycles. The summed E-state index contributed by atoms with van der Waals surface area (Å²) in [6, 6.07) is 13.7. The van der Waals surface area contributed by atoms with Crippen LogP contribution in [0.15, 0.2) is 70.2 Å². The molecular weight excluding hydrogens is 588 g/mol. The van der Waals surface area contributed by atoms with Crippen molar-refractivity contribution in [2.24, 2.45) is 0 Å². The molecule has 6 rings (SSSR count). The van der Waals surface area contributed by atoms with E-state index in [4.69, 9.17) is 13.9 Å². The van der Waals surface area contributed by atoms with Gasteiger partial charge in [0.05, 0.1) is 32.1 Å². The van der Waals surface area contributed by atoms with Crippen molar-refractivity contribution in [2.45, 2.75) is 49.2 Å². The van der Waals surface area contributed by atoms with Gasteiger partial charge >= 0.3 is 0 Å². The average Bonchev–Trinajstić information content (AvgIpc) is 3.83. The Balaban J connectivity index is 1.43. The highest BCUT2D eigenvalue weighted by atomic mass is 32.2. The van der Waals surface area contributed by atoms with E-state index in [0.29, 0.717) is 24.2 Å². The lowest BCUT2D eigenvalue weighted by molar-refractivity contribution is -0.127. The summed E-state index contributed by atoms with van der Waals surface area (Å²) in [4.78, 5) is 29.5. The van der Waals surface area contributed by atoms with Crippen molar-refractivity contribution in [3.8, 4) is 5.75 Å². The van der Waals surface area contributed by atoms with Crippen LogP contribution in [-0.4, -0.2) is 79.0 Å². The molecule has 13 nitrogen and oxygen atoms in total. The first-order chi connectivity index (χ1) is 21.4. The second-order valence-corrected chi connectivity index (χ2v) is 12.7. The minimum atomic E-state index is -3.92. The van der Waals surface area contributed by atoms with Gasteiger partial charge in [0.2, 0.25) is 15.9 Å². The van der Waals surface area contributed by atoms with Crippen molar-refractivity contribution in [2.75, 3.05) is 38.3 Å². The number of hydrogen-bond donors (Lipinski definition) is 1. The highest BCUT2D eigenvalue weighted by molar-refractivity contribution is 7.89. The van der Waals surface area contributed by atoms with Crippen molar-refractivity contribution in [1.29, 1.82) is 0 Å². The van der Waals surface area contributed by atoms with Gasteiger partial charge in [0.15, 0.2) is 6.04 Å². The fraction of sp³-hybridized carbons (Fsp3) is 0.400. The summed E-state index contributed by atoms with van der Waals surface area (Å²) < 4.78 is 46.5. The summed E-state index contributed by atoms with van der Waals surface area (Å²) in [6.07, 6.45) is 5.15. The van der Waals surface area contributed by atoms with E-state index in [9.17, 15) is 18.0 Å². The molecule has 44 heavy (non-hydrogen) atoms. The third-order valence-electron chi connectivity index (χ3n) is 8.01. The van der Waals surface area contributed by atoms with Gasteiger partial charge in [-0.25, -0.2) is 13.1 Å². The van der Waals surface area contributed by atoms with E-state index in [2.05, 4.69) is 15.6 Å². The summed E-state index contributed by atoms with van der Waals surface area (Å²) in [7, 11) is -2.56. The number of aromatic nitrogens is 3. The third-order valence-corrected chi connectivity index (χ3v) is 9.95. The predicted molar refractivity (Wildman–Crippen MR) is 159 cm³/mol. The van der Waals surface area contributed by atoms with Gasteiger partial charge in [0.1, 0.15) is 28.5 Å². The number of methoxy groups -OCH3 is 1. The highest BCUT2D eigenvalue weighted by Crippen LogP contribution is 2.36. The number of anilines is 1. The van der Waals surface area contributed by atoms with Crippen LogP contribution in [0, 0.1) is 0 Å². The van der Waals surface area contributed by atoms with E-state index in [-0.39, 0.29) is 47.8 Å². The fourth-order valence-corrected chi connectivity index (χ4v) is 7.34. The Bertz CT molecular complexity index is 1730. The molecule has 2 aromatic heterocycles. The van der Waals surface area contributed by atoms with Gasteiger partial charge < -0.3 is 19.2 Å². The number of fused-ring (bicyclic) bond motifs is 1. The zero-order valence-corrected chi connectivity index (χ0v) is 25.1. The first-order valence-corrected chi connectivity index (χ1v) is 16.0. The normalized spacial score (nSPS) is 17.0. The van der Waals surface area contributed by atoms with Crippen LogP contribution >= 0.6 is 0 Å². The monoisotopic (exact) mass is 622 g/mol. The van der Waals surface area contributed by atoms with Crippen LogP contribution in [0.5, 0.6) is 5.75 Å². The Hall–Kier alpha value is -4.27. The van der Waals surface area contributed by atoms with Crippen molar-refractivity contribution in [3.63, 3.8) is 0 Å². The van der Waals surface area contributed by atoms with E-state index >= 15 is 0 Å². The van der Waals surface area contributed by atoms with Crippen LogP contribution < -0.4 is 15.0 Å². The van der Waals surface area contributed by atoms with Gasteiger partial charge in [-0.2, -0.15) is 4.31 Å². The van der Waals surface area contributed by atoms with Crippen molar-refractivity contribution < 1.29 is 31.9 Å². The van der Waals surface area contributed by atoms with Crippen LogP contribution in [0.25, 0.3) is 11.0 Å². The van der Waals surface area contributed by atoms with E-state index in [1.807, 2.05) is 12.1 Å². The Kier molecular flexibility index (Phi) is 8.64. The standard InChI is InChI=1S/C30H34N6O7S/c1-41-26-19-22(12-13-27(26)44(39,40)34-14-17-42-18-15-34)36(28(37)20-35-24-10-5-4-9-23(24)32-33-35)29(25-11-6-16-43-25)30(38)31-21-7-2-3-8-21/h4-6,9-13,16,19,21,29H,2-3,7-8,14-15,17-18,20H2,1H3,(H,31,38)/t29-/m1/s1. The van der Waals surface area contributed by atoms with Crippen LogP contribution in [0.4, 0.5) is 5.69 Å². The lowest BCUT2D eigenvalue weighted by Crippen LogP contribution is -2.47. The average molecular weight is 623 g/mol. The van der Waals surface area contributed by atoms with E-state index in [1.54, 1.807) is 24.3 Å². The van der Waals surface area contributed by atoms with Crippen LogP contribution in [0.3, 0.4) is 0 Å². The lowest BCUT2D eigenvalue weighted by atomic mass is 10.1. The molecule has 1 N–H and O–H groups in total. The van der Waals surface area contributed by atoms with Crippen molar-refractivity contribution in [1.82, 2.24) is 24.6 Å². The van der Waals surface area contributed by atoms with E-state index < -0.39 is 27.9 Å². The van der Waals surface area contributed by atoms with Gasteiger partial charge in [-0.05, 0) is 49.2 Å². The number of morpholine rings is 1. The largest absolute Gasteiger partial charge is 0.495 e. The summed E-state index contributed by atoms with van der Waals surface area (Å²) in [5, 5.41) is 11.4. The van der Waals surface area contributed by atoms with Crippen LogP contribution in [0.1, 0.15) is 37.5 Å². The molecule has 0 bridgehead atoms. The predicted octanol–water partition coefficient (Wildman–Crippen LogP) is 2.89. The molecule has 2 amide bonds. The molecule has 2 fully saturated rings. The lowest BCUT2D eigenvalue weighted by Gasteiger charge is -2.31. The second kappa shape index (κ2) is 12.8. The number of amides is 2. The smallest absolute Gasteiger partial charge is 0.251 e. The maximum Gasteiger partial charge on any atom is 0.251 e. The van der Waals surface area contributed by atoms with E-state index in [0.717, 1.165) is 25.7 Å². The zero-order chi connectivity index (χ0) is 30.7. The van der Waals surface area contributed by atoms with Gasteiger partial charge in [0.25, 0.3) is 5.91 Å². The first kappa shape index (κ1) is 29.8. The molecule has 0 radical (unpaired) electrons. The zero-order valence-electron chi connectivity index (χ0n) is 24.3. The molecule has 4 aromatic rings. The second-order valence-electron chi connectivity index (χ2n) is 10.8. The number of nitrogens with one attached hydrogen (secondary N) is 1. The number of rotatable bonds is 10. The number of carbonyl (C=O) groups is 2. The number of nitrogens with zero attached hydrogens (tertiary/aromatic N) is 5. The molecular formula is C30H34N6O7S. The molecule has 2 aliphatic rings. The molecule has 1 aliphatic heterocycles. The number of carbonyl (C=O) groups excluding carboxylic acids is 2. The van der Waals surface area contributed by atoms with Crippen molar-refractivity contribution >= 4 is 38.6 Å². The van der Waals surface area contributed by atoms with Gasteiger partial charge in [-0.15, -0.1) is 5.10 Å². The molecule has 232 valence electrons. The number of para-hydroxylation sites is 1. The van der Waals surface area contributed by atoms with E-state index in [1.165, 1.54) is 45.5 Å². The number of benzene rings is 2. The molecule has 1 aliphatic carbocycles. The number of furan rings is 1. The first-order valence-electron chi connectivity index (χ1n) is 14.6. The Labute approximate surface area is 254 Å². The quantitative estimate of drug-likeness (QED) is 0.282. The summed E-state index contributed by atoms with van der Waals surface area (Å²) in [5.74, 6) is -0.615. The Morgan fingerprint density at radius 3 is 2.59 bits per heavy atom. The Morgan fingerprint density at radius 1 is 1.09 bits per heavy atom. The van der Waals surface area contributed by atoms with Gasteiger partial charge in [-0.1, -0.05) is 30.2 Å². The summed E-state index contributed by atoms with van der Waals surface area (Å²) in [5.41, 5.74) is 1.52. The highest BCUT2D eigenvalue weighted by Gasteiger charge is 2.38. The summed E-state index contributed by atoms with van der Waals surface area (Å²) >= 11 is 0. The molecule has 0 unspecified atom stereocenters. The molecule has 1 saturated carbocycles. The fourth-order valence-electron chi connectivity index (χ4n) is 5.79. The third kappa shape index (κ3) is 5.92. The molecule has 3 heterocycles. The maximum atomic E-state index is 14.3. The molecule has 0 spiro atoms. The molecule has 1 atom stereocenters. The Morgan fingerprint density at radius 2 is 1.86 bits per heavy atom. The maximum absolute atomic E-state index is 14.3. The number of ether oxygens (including phenoxy) is 2. The van der Waals surface area contributed by atoms with Gasteiger partial charge in [-0.3, -0.25) is 14.5 Å². The molecule has 2 aromatic carbocycles. The SMILES string of the molecule is COc1cc(N(C(=O)Cn2nnc3ccccc32)[C@@H](C(=O)NC2CCCC2)c2ccco2)ccc1S(=O)(=O)N1CCOCC1. The topological polar surface area (TPSA) is 149 Å². The minimum Gasteiger partial charge on any atom is -0.495 e. The number of hydrogen-bond acceptors (Lipinski definition) is 9. The van der Waals surface area contributed by atoms with Crippen LogP contribution in [-0.2, 0) is 30.9 Å². The number of sulfonamides is 1. The minimum absolute atomic E-state index is 0.0215. The van der Waals surface area contributed by atoms with Crippen molar-refractivity contribution in [3.05, 3.63) is 66.6 Å². The summed E-state index contributed by atoms with van der Waals surface area (Å²) in [6.45, 7) is 0.765. The van der Waals surface area contributed by atoms with Gasteiger partial charge in [0, 0.05) is 30.9 Å². The molecule has 14 heteroatoms. The van der Waals surface area contributed by atoms with Crippen LogP contribution in [0.2, 0.25) is 0 Å².